The van der Waals surface area contributed by atoms with Crippen LogP contribution >= 0.6 is 11.8 Å². The third-order valence-electron chi connectivity index (χ3n) is 6.44. The monoisotopic (exact) mass is 492 g/mol. The van der Waals surface area contributed by atoms with Crippen LogP contribution in [-0.2, 0) is 19.6 Å². The van der Waals surface area contributed by atoms with Crippen LogP contribution in [0.1, 0.15) is 48.7 Å². The lowest BCUT2D eigenvalue weighted by molar-refractivity contribution is -0.113. The SMILES string of the molecule is Cc1ccc(NC(=O)CSc2nc(C)c(C)n2C2CCCC2)cc1S(=O)(=O)N1CCOCC1. The summed E-state index contributed by atoms with van der Waals surface area (Å²) in [6.45, 7) is 7.31. The minimum absolute atomic E-state index is 0.185. The van der Waals surface area contributed by atoms with Crippen LogP contribution < -0.4 is 5.32 Å². The van der Waals surface area contributed by atoms with E-state index >= 15 is 0 Å². The van der Waals surface area contributed by atoms with Crippen molar-refractivity contribution in [3.63, 3.8) is 0 Å². The van der Waals surface area contributed by atoms with Gasteiger partial charge in [0.15, 0.2) is 5.16 Å². The molecule has 1 amide bonds. The molecule has 2 fully saturated rings. The van der Waals surface area contributed by atoms with Gasteiger partial charge in [-0.15, -0.1) is 0 Å². The predicted octanol–water partition coefficient (Wildman–Crippen LogP) is 3.68. The summed E-state index contributed by atoms with van der Waals surface area (Å²) in [4.78, 5) is 17.6. The third-order valence-corrected chi connectivity index (χ3v) is 9.43. The van der Waals surface area contributed by atoms with Gasteiger partial charge in [0.1, 0.15) is 0 Å². The molecular weight excluding hydrogens is 460 g/mol. The number of nitrogens with zero attached hydrogens (tertiary/aromatic N) is 3. The van der Waals surface area contributed by atoms with E-state index in [4.69, 9.17) is 9.72 Å². The number of aryl methyl sites for hydroxylation is 2. The topological polar surface area (TPSA) is 93.5 Å². The number of thioether (sulfide) groups is 1. The van der Waals surface area contributed by atoms with Crippen molar-refractivity contribution in [2.45, 2.75) is 62.5 Å². The molecule has 1 saturated heterocycles. The zero-order valence-corrected chi connectivity index (χ0v) is 21.1. The van der Waals surface area contributed by atoms with Crippen molar-refractivity contribution in [1.29, 1.82) is 0 Å². The molecule has 0 radical (unpaired) electrons. The molecule has 0 unspecified atom stereocenters. The van der Waals surface area contributed by atoms with E-state index in [1.54, 1.807) is 25.1 Å². The van der Waals surface area contributed by atoms with Crippen LogP contribution in [0.2, 0.25) is 0 Å². The molecule has 0 atom stereocenters. The molecule has 1 N–H and O–H groups in total. The van der Waals surface area contributed by atoms with E-state index in [9.17, 15) is 13.2 Å². The minimum atomic E-state index is -3.64. The summed E-state index contributed by atoms with van der Waals surface area (Å²) in [5, 5.41) is 3.74. The normalized spacial score (nSPS) is 18.0. The Bertz CT molecular complexity index is 1120. The van der Waals surface area contributed by atoms with Gasteiger partial charge in [-0.2, -0.15) is 4.31 Å². The number of ether oxygens (including phenoxy) is 1. The highest BCUT2D eigenvalue weighted by Crippen LogP contribution is 2.35. The highest BCUT2D eigenvalue weighted by molar-refractivity contribution is 7.99. The molecule has 4 rings (SSSR count). The summed E-state index contributed by atoms with van der Waals surface area (Å²) < 4.78 is 35.2. The van der Waals surface area contributed by atoms with E-state index in [-0.39, 0.29) is 16.6 Å². The number of hydrogen-bond acceptors (Lipinski definition) is 6. The molecule has 2 aliphatic rings. The van der Waals surface area contributed by atoms with Crippen LogP contribution in [0.25, 0.3) is 0 Å². The van der Waals surface area contributed by atoms with E-state index in [2.05, 4.69) is 16.8 Å². The molecule has 2 aromatic rings. The first-order chi connectivity index (χ1) is 15.8. The molecule has 1 aromatic carbocycles. The highest BCUT2D eigenvalue weighted by Gasteiger charge is 2.28. The van der Waals surface area contributed by atoms with Crippen molar-refractivity contribution < 1.29 is 17.9 Å². The van der Waals surface area contributed by atoms with Gasteiger partial charge in [-0.3, -0.25) is 4.79 Å². The van der Waals surface area contributed by atoms with Crippen LogP contribution in [-0.4, -0.2) is 60.2 Å². The molecule has 0 spiro atoms. The summed E-state index contributed by atoms with van der Waals surface area (Å²) in [7, 11) is -3.64. The fourth-order valence-corrected chi connectivity index (χ4v) is 7.12. The fraction of sp³-hybridized carbons (Fsp3) is 0.565. The first kappa shape index (κ1) is 24.3. The Kier molecular flexibility index (Phi) is 7.47. The number of carbonyl (C=O) groups is 1. The third kappa shape index (κ3) is 5.29. The van der Waals surface area contributed by atoms with Crippen LogP contribution in [0, 0.1) is 20.8 Å². The summed E-state index contributed by atoms with van der Waals surface area (Å²) >= 11 is 1.43. The van der Waals surface area contributed by atoms with Gasteiger partial charge in [-0.1, -0.05) is 30.7 Å². The summed E-state index contributed by atoms with van der Waals surface area (Å²) in [5.41, 5.74) is 3.30. The largest absolute Gasteiger partial charge is 0.379 e. The number of hydrogen-bond donors (Lipinski definition) is 1. The van der Waals surface area contributed by atoms with Gasteiger partial charge in [-0.25, -0.2) is 13.4 Å². The smallest absolute Gasteiger partial charge is 0.243 e. The average Bonchev–Trinajstić information content (AvgIpc) is 3.42. The number of imidazole rings is 1. The summed E-state index contributed by atoms with van der Waals surface area (Å²) in [6, 6.07) is 5.48. The zero-order valence-electron chi connectivity index (χ0n) is 19.5. The lowest BCUT2D eigenvalue weighted by Gasteiger charge is -2.26. The molecule has 1 aliphatic carbocycles. The molecule has 0 bridgehead atoms. The Morgan fingerprint density at radius 1 is 1.18 bits per heavy atom. The summed E-state index contributed by atoms with van der Waals surface area (Å²) in [6.07, 6.45) is 4.77. The van der Waals surface area contributed by atoms with Gasteiger partial charge in [0, 0.05) is 30.5 Å². The first-order valence-corrected chi connectivity index (χ1v) is 13.9. The molecule has 33 heavy (non-hydrogen) atoms. The molecule has 8 nitrogen and oxygen atoms in total. The van der Waals surface area contributed by atoms with Crippen LogP contribution in [0.3, 0.4) is 0 Å². The van der Waals surface area contributed by atoms with Gasteiger partial charge in [-0.05, 0) is 51.3 Å². The maximum Gasteiger partial charge on any atom is 0.243 e. The van der Waals surface area contributed by atoms with Crippen molar-refractivity contribution in [2.24, 2.45) is 0 Å². The second-order valence-electron chi connectivity index (χ2n) is 8.71. The average molecular weight is 493 g/mol. The van der Waals surface area contributed by atoms with Gasteiger partial charge in [0.2, 0.25) is 15.9 Å². The summed E-state index contributed by atoms with van der Waals surface area (Å²) in [5.74, 6) is 0.0250. The number of sulfonamides is 1. The number of benzene rings is 1. The number of amides is 1. The Labute approximate surface area is 200 Å². The number of aromatic nitrogens is 2. The molecule has 1 aromatic heterocycles. The standard InChI is InChI=1S/C23H32N4O4S2/c1-16-8-9-19(14-21(16)33(29,30)26-10-12-31-13-11-26)25-22(28)15-32-23-24-17(2)18(3)27(23)20-6-4-5-7-20/h8-9,14,20H,4-7,10-13,15H2,1-3H3,(H,25,28). The van der Waals surface area contributed by atoms with Gasteiger partial charge in [0.05, 0.1) is 29.6 Å². The maximum atomic E-state index is 13.1. The second-order valence-corrected chi connectivity index (χ2v) is 11.6. The lowest BCUT2D eigenvalue weighted by atomic mass is 10.2. The van der Waals surface area contributed by atoms with Crippen LogP contribution in [0.5, 0.6) is 0 Å². The molecule has 180 valence electrons. The van der Waals surface area contributed by atoms with E-state index in [0.29, 0.717) is 43.6 Å². The predicted molar refractivity (Wildman–Crippen MR) is 129 cm³/mol. The van der Waals surface area contributed by atoms with Crippen LogP contribution in [0.15, 0.2) is 28.3 Å². The van der Waals surface area contributed by atoms with Crippen molar-refractivity contribution in [3.05, 3.63) is 35.2 Å². The number of rotatable bonds is 7. The Hall–Kier alpha value is -1.88. The molecule has 1 saturated carbocycles. The van der Waals surface area contributed by atoms with E-state index in [0.717, 1.165) is 23.7 Å². The lowest BCUT2D eigenvalue weighted by Crippen LogP contribution is -2.40. The van der Waals surface area contributed by atoms with E-state index in [1.165, 1.54) is 34.6 Å². The van der Waals surface area contributed by atoms with E-state index < -0.39 is 10.0 Å². The minimum Gasteiger partial charge on any atom is -0.379 e. The van der Waals surface area contributed by atoms with Crippen molar-refractivity contribution in [3.8, 4) is 0 Å². The van der Waals surface area contributed by atoms with Gasteiger partial charge >= 0.3 is 0 Å². The van der Waals surface area contributed by atoms with Gasteiger partial charge < -0.3 is 14.6 Å². The number of anilines is 1. The molecule has 1 aliphatic heterocycles. The van der Waals surface area contributed by atoms with Gasteiger partial charge in [0.25, 0.3) is 0 Å². The number of nitrogens with one attached hydrogen (secondary N) is 1. The molecule has 10 heteroatoms. The quantitative estimate of drug-likeness (QED) is 0.593. The number of carbonyl (C=O) groups excluding carboxylic acids is 1. The highest BCUT2D eigenvalue weighted by atomic mass is 32.2. The Balaban J connectivity index is 1.45. The van der Waals surface area contributed by atoms with Crippen molar-refractivity contribution >= 4 is 33.4 Å². The van der Waals surface area contributed by atoms with Crippen molar-refractivity contribution in [2.75, 3.05) is 37.4 Å². The Morgan fingerprint density at radius 3 is 2.58 bits per heavy atom. The first-order valence-electron chi connectivity index (χ1n) is 11.4. The van der Waals surface area contributed by atoms with Crippen molar-refractivity contribution in [1.82, 2.24) is 13.9 Å². The zero-order chi connectivity index (χ0) is 23.6. The van der Waals surface area contributed by atoms with E-state index in [1.807, 2.05) is 6.92 Å². The molecular formula is C23H32N4O4S2. The number of morpholine rings is 1. The molecule has 2 heterocycles. The second kappa shape index (κ2) is 10.2. The maximum absolute atomic E-state index is 13.1. The van der Waals surface area contributed by atoms with Crippen LogP contribution in [0.4, 0.5) is 5.69 Å². The Morgan fingerprint density at radius 2 is 1.88 bits per heavy atom. The fourth-order valence-electron chi connectivity index (χ4n) is 4.50.